The number of aromatic nitrogens is 6. The van der Waals surface area contributed by atoms with Crippen LogP contribution in [0.2, 0.25) is 0 Å². The summed E-state index contributed by atoms with van der Waals surface area (Å²) in [7, 11) is 0. The van der Waals surface area contributed by atoms with Gasteiger partial charge in [-0.15, -0.1) is 10.2 Å². The summed E-state index contributed by atoms with van der Waals surface area (Å²) in [6, 6.07) is 1.52. The average Bonchev–Trinajstić information content (AvgIpc) is 3.07. The zero-order valence-electron chi connectivity index (χ0n) is 11.9. The molecule has 3 aromatic heterocycles. The molecule has 8 nitrogen and oxygen atoms in total. The largest absolute Gasteiger partial charge is 0.415 e. The van der Waals surface area contributed by atoms with Gasteiger partial charge in [-0.05, 0) is 13.0 Å². The molecule has 0 amide bonds. The third-order valence-electron chi connectivity index (χ3n) is 2.84. The van der Waals surface area contributed by atoms with Crippen LogP contribution in [-0.4, -0.2) is 30.1 Å². The van der Waals surface area contributed by atoms with Gasteiger partial charge in [-0.3, -0.25) is 0 Å². The average molecular weight is 319 g/mol. The van der Waals surface area contributed by atoms with Crippen molar-refractivity contribution >= 4 is 5.95 Å². The van der Waals surface area contributed by atoms with Crippen LogP contribution in [0, 0.1) is 0 Å². The van der Waals surface area contributed by atoms with Gasteiger partial charge in [0.1, 0.15) is 5.82 Å². The summed E-state index contributed by atoms with van der Waals surface area (Å²) < 4.78 is 29.7. The van der Waals surface area contributed by atoms with Gasteiger partial charge < -0.3 is 9.73 Å². The molecule has 3 aromatic rings. The van der Waals surface area contributed by atoms with Crippen LogP contribution in [0.1, 0.15) is 31.1 Å². The van der Waals surface area contributed by atoms with E-state index >= 15 is 0 Å². The predicted molar refractivity (Wildman–Crippen MR) is 74.4 cm³/mol. The molecule has 3 heterocycles. The lowest BCUT2D eigenvalue weighted by Gasteiger charge is -2.11. The SMILES string of the molecule is CC(Nc1ncc(-c2nnc(C(F)F)o2)cn1)c1ncccn1. The van der Waals surface area contributed by atoms with Crippen molar-refractivity contribution in [2.45, 2.75) is 19.4 Å². The zero-order valence-corrected chi connectivity index (χ0v) is 11.9. The van der Waals surface area contributed by atoms with Gasteiger partial charge in [-0.1, -0.05) is 0 Å². The van der Waals surface area contributed by atoms with Gasteiger partial charge in [0, 0.05) is 24.8 Å². The van der Waals surface area contributed by atoms with Gasteiger partial charge in [0.15, 0.2) is 0 Å². The molecule has 0 radical (unpaired) electrons. The Morgan fingerprint density at radius 3 is 2.35 bits per heavy atom. The van der Waals surface area contributed by atoms with Gasteiger partial charge in [0.05, 0.1) is 11.6 Å². The van der Waals surface area contributed by atoms with E-state index in [1.165, 1.54) is 12.4 Å². The molecule has 1 N–H and O–H groups in total. The number of halogens is 2. The molecule has 0 fully saturated rings. The Morgan fingerprint density at radius 1 is 1.04 bits per heavy atom. The van der Waals surface area contributed by atoms with Gasteiger partial charge in [-0.25, -0.2) is 19.9 Å². The Bertz CT molecular complexity index is 764. The van der Waals surface area contributed by atoms with E-state index in [0.717, 1.165) is 0 Å². The van der Waals surface area contributed by atoms with Crippen LogP contribution in [0.4, 0.5) is 14.7 Å². The molecule has 0 aliphatic rings. The van der Waals surface area contributed by atoms with Crippen LogP contribution in [0.3, 0.4) is 0 Å². The van der Waals surface area contributed by atoms with E-state index in [0.29, 0.717) is 17.3 Å². The maximum Gasteiger partial charge on any atom is 0.314 e. The van der Waals surface area contributed by atoms with Crippen LogP contribution in [0.5, 0.6) is 0 Å². The van der Waals surface area contributed by atoms with Crippen molar-refractivity contribution in [3.8, 4) is 11.5 Å². The lowest BCUT2D eigenvalue weighted by molar-refractivity contribution is 0.116. The number of nitrogens with zero attached hydrogens (tertiary/aromatic N) is 6. The second kappa shape index (κ2) is 6.38. The third kappa shape index (κ3) is 3.42. The number of hydrogen-bond acceptors (Lipinski definition) is 8. The van der Waals surface area contributed by atoms with E-state index in [1.54, 1.807) is 18.5 Å². The molecule has 1 atom stereocenters. The number of nitrogens with one attached hydrogen (secondary N) is 1. The highest BCUT2D eigenvalue weighted by Crippen LogP contribution is 2.22. The molecule has 0 saturated carbocycles. The van der Waals surface area contributed by atoms with Gasteiger partial charge >= 0.3 is 6.43 Å². The molecular weight excluding hydrogens is 308 g/mol. The summed E-state index contributed by atoms with van der Waals surface area (Å²) in [5.41, 5.74) is 0.346. The fourth-order valence-electron chi connectivity index (χ4n) is 1.74. The molecule has 0 bridgehead atoms. The van der Waals surface area contributed by atoms with E-state index < -0.39 is 12.3 Å². The standard InChI is InChI=1S/C13H11F2N7O/c1-7(10-16-3-2-4-17-10)20-13-18-5-8(6-19-13)11-21-22-12(23-11)9(14)15/h2-7,9H,1H3,(H,18,19,20). The monoisotopic (exact) mass is 319 g/mol. The molecule has 23 heavy (non-hydrogen) atoms. The Balaban J connectivity index is 1.71. The first-order valence-corrected chi connectivity index (χ1v) is 6.61. The first-order valence-electron chi connectivity index (χ1n) is 6.61. The normalized spacial score (nSPS) is 12.3. The number of rotatable bonds is 5. The topological polar surface area (TPSA) is 103 Å². The molecule has 1 unspecified atom stereocenters. The van der Waals surface area contributed by atoms with Crippen LogP contribution in [0.25, 0.3) is 11.5 Å². The maximum absolute atomic E-state index is 12.4. The van der Waals surface area contributed by atoms with E-state index in [9.17, 15) is 8.78 Å². The van der Waals surface area contributed by atoms with Crippen molar-refractivity contribution < 1.29 is 13.2 Å². The molecule has 0 aliphatic carbocycles. The first-order chi connectivity index (χ1) is 11.1. The smallest absolute Gasteiger partial charge is 0.314 e. The van der Waals surface area contributed by atoms with Crippen LogP contribution in [-0.2, 0) is 0 Å². The lowest BCUT2D eigenvalue weighted by Crippen LogP contribution is -2.12. The first kappa shape index (κ1) is 14.9. The summed E-state index contributed by atoms with van der Waals surface area (Å²) in [6.45, 7) is 1.86. The van der Waals surface area contributed by atoms with Gasteiger partial charge in [0.2, 0.25) is 5.95 Å². The van der Waals surface area contributed by atoms with Crippen molar-refractivity contribution in [1.82, 2.24) is 30.1 Å². The van der Waals surface area contributed by atoms with Crippen molar-refractivity contribution in [2.24, 2.45) is 0 Å². The molecule has 0 saturated heterocycles. The minimum absolute atomic E-state index is 0.0636. The maximum atomic E-state index is 12.4. The van der Waals surface area contributed by atoms with Crippen molar-refractivity contribution in [2.75, 3.05) is 5.32 Å². The fraction of sp³-hybridized carbons (Fsp3) is 0.231. The van der Waals surface area contributed by atoms with Crippen molar-refractivity contribution in [3.63, 3.8) is 0 Å². The summed E-state index contributed by atoms with van der Waals surface area (Å²) >= 11 is 0. The second-order valence-corrected chi connectivity index (χ2v) is 4.51. The Labute approximate surface area is 129 Å². The highest BCUT2D eigenvalue weighted by Gasteiger charge is 2.17. The highest BCUT2D eigenvalue weighted by atomic mass is 19.3. The van der Waals surface area contributed by atoms with E-state index in [-0.39, 0.29) is 11.9 Å². The quantitative estimate of drug-likeness (QED) is 0.765. The molecular formula is C13H11F2N7O. The summed E-state index contributed by atoms with van der Waals surface area (Å²) in [5, 5.41) is 9.80. The third-order valence-corrected chi connectivity index (χ3v) is 2.84. The molecule has 0 spiro atoms. The number of hydrogen-bond donors (Lipinski definition) is 1. The fourth-order valence-corrected chi connectivity index (χ4v) is 1.74. The predicted octanol–water partition coefficient (Wildman–Crippen LogP) is 2.43. The number of anilines is 1. The zero-order chi connectivity index (χ0) is 16.2. The number of alkyl halides is 2. The molecule has 0 aliphatic heterocycles. The molecule has 0 aromatic carbocycles. The Kier molecular flexibility index (Phi) is 4.13. The Morgan fingerprint density at radius 2 is 1.74 bits per heavy atom. The van der Waals surface area contributed by atoms with Crippen molar-refractivity contribution in [1.29, 1.82) is 0 Å². The minimum Gasteiger partial charge on any atom is -0.415 e. The summed E-state index contributed by atoms with van der Waals surface area (Å²) in [5.74, 6) is 0.129. The summed E-state index contributed by atoms with van der Waals surface area (Å²) in [6.07, 6.45) is 3.26. The Hall–Kier alpha value is -3.04. The molecule has 10 heteroatoms. The van der Waals surface area contributed by atoms with E-state index in [2.05, 4.69) is 35.5 Å². The van der Waals surface area contributed by atoms with Crippen LogP contribution < -0.4 is 5.32 Å². The van der Waals surface area contributed by atoms with E-state index in [1.807, 2.05) is 6.92 Å². The van der Waals surface area contributed by atoms with Gasteiger partial charge in [-0.2, -0.15) is 8.78 Å². The highest BCUT2D eigenvalue weighted by molar-refractivity contribution is 5.50. The van der Waals surface area contributed by atoms with Crippen molar-refractivity contribution in [3.05, 3.63) is 42.6 Å². The minimum atomic E-state index is -2.81. The second-order valence-electron chi connectivity index (χ2n) is 4.51. The van der Waals surface area contributed by atoms with Crippen LogP contribution in [0.15, 0.2) is 35.3 Å². The molecule has 3 rings (SSSR count). The molecule has 118 valence electrons. The van der Waals surface area contributed by atoms with E-state index in [4.69, 9.17) is 4.42 Å². The summed E-state index contributed by atoms with van der Waals surface area (Å²) in [4.78, 5) is 16.4. The lowest BCUT2D eigenvalue weighted by atomic mass is 10.3. The van der Waals surface area contributed by atoms with Crippen LogP contribution >= 0.6 is 0 Å². The van der Waals surface area contributed by atoms with Gasteiger partial charge in [0.25, 0.3) is 11.8 Å².